The number of urea groups is 1. The number of hydrogen-bond donors (Lipinski definition) is 3. The van der Waals surface area contributed by atoms with E-state index in [2.05, 4.69) is 22.5 Å². The molecule has 1 aromatic rings. The molecular formula is C15H25N3O2. The van der Waals surface area contributed by atoms with Crippen molar-refractivity contribution in [3.63, 3.8) is 0 Å². The molecule has 5 heteroatoms. The number of carbonyl (C=O) groups is 1. The van der Waals surface area contributed by atoms with Gasteiger partial charge < -0.3 is 20.6 Å². The van der Waals surface area contributed by atoms with E-state index in [9.17, 15) is 9.90 Å². The molecule has 5 nitrogen and oxygen atoms in total. The maximum atomic E-state index is 11.7. The minimum atomic E-state index is -0.529. The highest BCUT2D eigenvalue weighted by molar-refractivity contribution is 5.89. The summed E-state index contributed by atoms with van der Waals surface area (Å²) in [5.41, 5.74) is 1.78. The van der Waals surface area contributed by atoms with Gasteiger partial charge in [-0.1, -0.05) is 19.9 Å². The number of benzene rings is 1. The third-order valence-corrected chi connectivity index (χ3v) is 3.26. The van der Waals surface area contributed by atoms with Gasteiger partial charge >= 0.3 is 6.03 Å². The van der Waals surface area contributed by atoms with E-state index in [0.29, 0.717) is 0 Å². The molecule has 20 heavy (non-hydrogen) atoms. The van der Waals surface area contributed by atoms with Crippen LogP contribution in [0.25, 0.3) is 0 Å². The van der Waals surface area contributed by atoms with Gasteiger partial charge in [-0.2, -0.15) is 0 Å². The highest BCUT2D eigenvalue weighted by Crippen LogP contribution is 2.17. The molecule has 0 aliphatic carbocycles. The Balaban J connectivity index is 2.54. The Kier molecular flexibility index (Phi) is 6.31. The van der Waals surface area contributed by atoms with E-state index >= 15 is 0 Å². The standard InChI is InChI=1S/C15H25N3O2/c1-5-18(4)13-8-6-7-12(9-13)17-15(20)16-10-14(19)11(2)3/h6-9,11,14,19H,5,10H2,1-4H3,(H2,16,17,20)/t14-/m1/s1. The van der Waals surface area contributed by atoms with Gasteiger partial charge in [-0.25, -0.2) is 4.79 Å². The second kappa shape index (κ2) is 7.75. The van der Waals surface area contributed by atoms with E-state index < -0.39 is 6.10 Å². The molecule has 0 spiro atoms. The summed E-state index contributed by atoms with van der Waals surface area (Å²) < 4.78 is 0. The lowest BCUT2D eigenvalue weighted by atomic mass is 10.1. The van der Waals surface area contributed by atoms with Crippen LogP contribution in [-0.2, 0) is 0 Å². The minimum absolute atomic E-state index is 0.122. The molecule has 0 radical (unpaired) electrons. The van der Waals surface area contributed by atoms with Gasteiger partial charge in [-0.15, -0.1) is 0 Å². The fraction of sp³-hybridized carbons (Fsp3) is 0.533. The zero-order valence-electron chi connectivity index (χ0n) is 12.7. The Labute approximate surface area is 121 Å². The zero-order chi connectivity index (χ0) is 15.1. The number of aliphatic hydroxyl groups is 1. The summed E-state index contributed by atoms with van der Waals surface area (Å²) in [4.78, 5) is 13.8. The molecule has 1 aromatic carbocycles. The van der Waals surface area contributed by atoms with Gasteiger partial charge in [0.15, 0.2) is 0 Å². The number of carbonyl (C=O) groups excluding carboxylic acids is 1. The van der Waals surface area contributed by atoms with Crippen molar-refractivity contribution in [3.8, 4) is 0 Å². The summed E-state index contributed by atoms with van der Waals surface area (Å²) in [6.07, 6.45) is -0.529. The molecule has 3 N–H and O–H groups in total. The summed E-state index contributed by atoms with van der Waals surface area (Å²) in [6.45, 7) is 7.04. The van der Waals surface area contributed by atoms with Crippen molar-refractivity contribution in [2.45, 2.75) is 26.9 Å². The third kappa shape index (κ3) is 5.09. The SMILES string of the molecule is CCN(C)c1cccc(NC(=O)NC[C@@H](O)C(C)C)c1. The zero-order valence-corrected chi connectivity index (χ0v) is 12.7. The molecule has 0 aliphatic rings. The van der Waals surface area contributed by atoms with Crippen LogP contribution in [0.15, 0.2) is 24.3 Å². The molecule has 0 saturated heterocycles. The maximum Gasteiger partial charge on any atom is 0.319 e. The lowest BCUT2D eigenvalue weighted by molar-refractivity contribution is 0.126. The number of nitrogens with one attached hydrogen (secondary N) is 2. The Hall–Kier alpha value is -1.75. The van der Waals surface area contributed by atoms with Crippen molar-refractivity contribution in [2.75, 3.05) is 30.4 Å². The van der Waals surface area contributed by atoms with E-state index in [0.717, 1.165) is 17.9 Å². The van der Waals surface area contributed by atoms with Crippen LogP contribution in [0.1, 0.15) is 20.8 Å². The summed E-state index contributed by atoms with van der Waals surface area (Å²) in [6, 6.07) is 7.35. The molecule has 1 rings (SSSR count). The van der Waals surface area contributed by atoms with Crippen molar-refractivity contribution in [1.29, 1.82) is 0 Å². The van der Waals surface area contributed by atoms with Gasteiger partial charge in [-0.05, 0) is 31.0 Å². The number of aliphatic hydroxyl groups excluding tert-OH is 1. The second-order valence-electron chi connectivity index (χ2n) is 5.21. The first-order valence-electron chi connectivity index (χ1n) is 6.98. The van der Waals surface area contributed by atoms with Gasteiger partial charge in [-0.3, -0.25) is 0 Å². The Morgan fingerprint density at radius 2 is 2.10 bits per heavy atom. The summed E-state index contributed by atoms with van der Waals surface area (Å²) in [5.74, 6) is 0.122. The predicted octanol–water partition coefficient (Wildman–Crippen LogP) is 2.28. The molecule has 0 saturated carbocycles. The van der Waals surface area contributed by atoms with Crippen LogP contribution >= 0.6 is 0 Å². The monoisotopic (exact) mass is 279 g/mol. The van der Waals surface area contributed by atoms with Crippen LogP contribution in [0.2, 0.25) is 0 Å². The van der Waals surface area contributed by atoms with Crippen molar-refractivity contribution in [1.82, 2.24) is 5.32 Å². The van der Waals surface area contributed by atoms with Crippen molar-refractivity contribution in [2.24, 2.45) is 5.92 Å². The summed E-state index contributed by atoms with van der Waals surface area (Å²) in [5, 5.41) is 15.1. The normalized spacial score (nSPS) is 12.1. The smallest absolute Gasteiger partial charge is 0.319 e. The maximum absolute atomic E-state index is 11.7. The van der Waals surface area contributed by atoms with Gasteiger partial charge in [0, 0.05) is 31.5 Å². The summed E-state index contributed by atoms with van der Waals surface area (Å²) in [7, 11) is 2.00. The number of rotatable bonds is 6. The van der Waals surface area contributed by atoms with Crippen molar-refractivity contribution in [3.05, 3.63) is 24.3 Å². The van der Waals surface area contributed by atoms with Gasteiger partial charge in [0.1, 0.15) is 0 Å². The minimum Gasteiger partial charge on any atom is -0.391 e. The van der Waals surface area contributed by atoms with Crippen molar-refractivity contribution >= 4 is 17.4 Å². The lowest BCUT2D eigenvalue weighted by Gasteiger charge is -2.18. The lowest BCUT2D eigenvalue weighted by Crippen LogP contribution is -2.37. The summed E-state index contributed by atoms with van der Waals surface area (Å²) >= 11 is 0. The average Bonchev–Trinajstić information content (AvgIpc) is 2.43. The Morgan fingerprint density at radius 3 is 2.70 bits per heavy atom. The second-order valence-corrected chi connectivity index (χ2v) is 5.21. The molecule has 0 aliphatic heterocycles. The molecule has 0 heterocycles. The number of amides is 2. The molecule has 0 fully saturated rings. The molecular weight excluding hydrogens is 254 g/mol. The van der Waals surface area contributed by atoms with Crippen LogP contribution in [0.5, 0.6) is 0 Å². The van der Waals surface area contributed by atoms with E-state index in [1.165, 1.54) is 0 Å². The topological polar surface area (TPSA) is 64.6 Å². The first-order chi connectivity index (χ1) is 9.43. The fourth-order valence-corrected chi connectivity index (χ4v) is 1.61. The molecule has 0 bridgehead atoms. The quantitative estimate of drug-likeness (QED) is 0.748. The van der Waals surface area contributed by atoms with E-state index in [-0.39, 0.29) is 18.5 Å². The first-order valence-corrected chi connectivity index (χ1v) is 6.98. The van der Waals surface area contributed by atoms with E-state index in [1.807, 2.05) is 45.2 Å². The van der Waals surface area contributed by atoms with Crippen LogP contribution < -0.4 is 15.5 Å². The average molecular weight is 279 g/mol. The highest BCUT2D eigenvalue weighted by Gasteiger charge is 2.10. The predicted molar refractivity (Wildman–Crippen MR) is 83.3 cm³/mol. The largest absolute Gasteiger partial charge is 0.391 e. The Morgan fingerprint density at radius 1 is 1.40 bits per heavy atom. The number of hydrogen-bond acceptors (Lipinski definition) is 3. The van der Waals surface area contributed by atoms with Gasteiger partial charge in [0.2, 0.25) is 0 Å². The van der Waals surface area contributed by atoms with Crippen LogP contribution in [0, 0.1) is 5.92 Å². The molecule has 0 unspecified atom stereocenters. The number of anilines is 2. The van der Waals surface area contributed by atoms with Gasteiger partial charge in [0.25, 0.3) is 0 Å². The van der Waals surface area contributed by atoms with Crippen molar-refractivity contribution < 1.29 is 9.90 Å². The molecule has 112 valence electrons. The van der Waals surface area contributed by atoms with E-state index in [4.69, 9.17) is 0 Å². The Bertz CT molecular complexity index is 435. The highest BCUT2D eigenvalue weighted by atomic mass is 16.3. The molecule has 1 atom stereocenters. The third-order valence-electron chi connectivity index (χ3n) is 3.26. The molecule has 2 amide bonds. The first kappa shape index (κ1) is 16.3. The van der Waals surface area contributed by atoms with Crippen LogP contribution in [-0.4, -0.2) is 37.4 Å². The van der Waals surface area contributed by atoms with Crippen LogP contribution in [0.3, 0.4) is 0 Å². The van der Waals surface area contributed by atoms with Crippen LogP contribution in [0.4, 0.5) is 16.2 Å². The molecule has 0 aromatic heterocycles. The van der Waals surface area contributed by atoms with E-state index in [1.54, 1.807) is 0 Å². The van der Waals surface area contributed by atoms with Gasteiger partial charge in [0.05, 0.1) is 6.10 Å². The fourth-order valence-electron chi connectivity index (χ4n) is 1.61. The number of nitrogens with zero attached hydrogens (tertiary/aromatic N) is 1.